The van der Waals surface area contributed by atoms with Gasteiger partial charge in [-0.1, -0.05) is 30.0 Å². The van der Waals surface area contributed by atoms with Gasteiger partial charge in [-0.3, -0.25) is 9.98 Å². The lowest BCUT2D eigenvalue weighted by Gasteiger charge is -2.15. The lowest BCUT2D eigenvalue weighted by Crippen LogP contribution is -2.17. The predicted octanol–water partition coefficient (Wildman–Crippen LogP) is 4.50. The van der Waals surface area contributed by atoms with Crippen molar-refractivity contribution in [1.82, 2.24) is 0 Å². The van der Waals surface area contributed by atoms with Crippen LogP contribution in [0.3, 0.4) is 0 Å². The Balaban J connectivity index is 1.50. The maximum absolute atomic E-state index is 11.1. The number of fused-ring (bicyclic) bond motifs is 1. The van der Waals surface area contributed by atoms with Gasteiger partial charge in [-0.25, -0.2) is 4.79 Å². The van der Waals surface area contributed by atoms with Crippen LogP contribution in [-0.4, -0.2) is 51.4 Å². The molecule has 1 unspecified atom stereocenters. The third kappa shape index (κ3) is 5.33. The first-order valence-electron chi connectivity index (χ1n) is 8.76. The second-order valence-electron chi connectivity index (χ2n) is 5.93. The lowest BCUT2D eigenvalue weighted by molar-refractivity contribution is -0.137. The maximum Gasteiger partial charge on any atom is 0.329 e. The van der Waals surface area contributed by atoms with Crippen molar-refractivity contribution in [2.75, 3.05) is 18.1 Å². The van der Waals surface area contributed by atoms with Gasteiger partial charge in [0, 0.05) is 21.3 Å². The molecule has 3 aliphatic rings. The molecular weight excluding hydrogens is 400 g/mol. The van der Waals surface area contributed by atoms with Crippen LogP contribution in [-0.2, 0) is 9.53 Å². The van der Waals surface area contributed by atoms with E-state index in [4.69, 9.17) is 14.8 Å². The van der Waals surface area contributed by atoms with E-state index >= 15 is 0 Å². The molecule has 27 heavy (non-hydrogen) atoms. The molecule has 2 atom stereocenters. The SMILES string of the molecule is C/C=C\C(=C/C)SCCOC1=CCC2N=C(C3=N[C@@H](C(=O)O)CS3)SC2=C1. The highest BCUT2D eigenvalue weighted by Gasteiger charge is 2.33. The minimum absolute atomic E-state index is 0.114. The van der Waals surface area contributed by atoms with Gasteiger partial charge in [0.15, 0.2) is 6.04 Å². The van der Waals surface area contributed by atoms with Gasteiger partial charge in [0.1, 0.15) is 15.8 Å². The van der Waals surface area contributed by atoms with E-state index in [1.165, 1.54) is 16.7 Å². The number of aliphatic imine (C=N–C) groups is 2. The van der Waals surface area contributed by atoms with E-state index in [2.05, 4.69) is 29.3 Å². The Kier molecular flexibility index (Phi) is 7.32. The van der Waals surface area contributed by atoms with E-state index in [-0.39, 0.29) is 6.04 Å². The normalized spacial score (nSPS) is 25.0. The molecule has 0 aromatic carbocycles. The van der Waals surface area contributed by atoms with Crippen molar-refractivity contribution in [3.63, 3.8) is 0 Å². The fourth-order valence-corrected chi connectivity index (χ4v) is 5.68. The Morgan fingerprint density at radius 1 is 1.41 bits per heavy atom. The third-order valence-electron chi connectivity index (χ3n) is 4.00. The zero-order chi connectivity index (χ0) is 19.2. The zero-order valence-corrected chi connectivity index (χ0v) is 17.7. The maximum atomic E-state index is 11.1. The van der Waals surface area contributed by atoms with Crippen LogP contribution >= 0.6 is 35.3 Å². The average molecular weight is 423 g/mol. The van der Waals surface area contributed by atoms with Crippen LogP contribution in [0.25, 0.3) is 0 Å². The summed E-state index contributed by atoms with van der Waals surface area (Å²) in [6, 6.07) is -0.535. The molecule has 8 heteroatoms. The Hall–Kier alpha value is -1.38. The molecule has 0 fully saturated rings. The second kappa shape index (κ2) is 9.71. The summed E-state index contributed by atoms with van der Waals surface area (Å²) < 4.78 is 5.91. The Morgan fingerprint density at radius 2 is 2.26 bits per heavy atom. The minimum Gasteiger partial charge on any atom is -0.493 e. The van der Waals surface area contributed by atoms with Crippen molar-refractivity contribution in [2.24, 2.45) is 9.98 Å². The first-order valence-corrected chi connectivity index (χ1v) is 11.5. The third-order valence-corrected chi connectivity index (χ3v) is 7.38. The Labute approximate surface area is 172 Å². The van der Waals surface area contributed by atoms with E-state index in [1.807, 2.05) is 19.9 Å². The number of allylic oxidation sites excluding steroid dienone is 4. The molecule has 0 saturated carbocycles. The fraction of sp³-hybridized carbons (Fsp3) is 0.421. The molecule has 2 aliphatic heterocycles. The molecule has 0 aromatic heterocycles. The molecule has 144 valence electrons. The molecule has 3 rings (SSSR count). The number of carboxylic acids is 1. The number of thioether (sulfide) groups is 3. The van der Waals surface area contributed by atoms with Crippen LogP contribution in [0.5, 0.6) is 0 Å². The van der Waals surface area contributed by atoms with Gasteiger partial charge in [-0.2, -0.15) is 0 Å². The van der Waals surface area contributed by atoms with Crippen LogP contribution in [0.2, 0.25) is 0 Å². The summed E-state index contributed by atoms with van der Waals surface area (Å²) >= 11 is 4.84. The molecule has 1 N–H and O–H groups in total. The number of aliphatic carboxylic acids is 1. The highest BCUT2D eigenvalue weighted by molar-refractivity contribution is 8.27. The highest BCUT2D eigenvalue weighted by Crippen LogP contribution is 2.39. The molecule has 0 saturated heterocycles. The summed E-state index contributed by atoms with van der Waals surface area (Å²) in [4.78, 5) is 22.5. The molecule has 0 aromatic rings. The fourth-order valence-electron chi connectivity index (χ4n) is 2.66. The van der Waals surface area contributed by atoms with Gasteiger partial charge >= 0.3 is 5.97 Å². The Morgan fingerprint density at radius 3 is 2.96 bits per heavy atom. The minimum atomic E-state index is -0.872. The van der Waals surface area contributed by atoms with Crippen LogP contribution in [0.15, 0.2) is 55.9 Å². The van der Waals surface area contributed by atoms with Crippen molar-refractivity contribution in [1.29, 1.82) is 0 Å². The zero-order valence-electron chi connectivity index (χ0n) is 15.3. The van der Waals surface area contributed by atoms with E-state index < -0.39 is 12.0 Å². The second-order valence-corrected chi connectivity index (χ2v) is 9.17. The van der Waals surface area contributed by atoms with Crippen molar-refractivity contribution in [3.05, 3.63) is 45.9 Å². The van der Waals surface area contributed by atoms with Crippen molar-refractivity contribution in [3.8, 4) is 0 Å². The smallest absolute Gasteiger partial charge is 0.329 e. The molecule has 5 nitrogen and oxygen atoms in total. The quantitative estimate of drug-likeness (QED) is 0.459. The van der Waals surface area contributed by atoms with Crippen molar-refractivity contribution in [2.45, 2.75) is 32.4 Å². The number of rotatable bonds is 8. The van der Waals surface area contributed by atoms with Gasteiger partial charge in [0.25, 0.3) is 0 Å². The van der Waals surface area contributed by atoms with Crippen LogP contribution in [0.1, 0.15) is 20.3 Å². The van der Waals surface area contributed by atoms with Crippen molar-refractivity contribution < 1.29 is 14.6 Å². The summed E-state index contributed by atoms with van der Waals surface area (Å²) in [5.41, 5.74) is 0. The van der Waals surface area contributed by atoms with Crippen molar-refractivity contribution >= 4 is 51.3 Å². The monoisotopic (exact) mass is 422 g/mol. The molecule has 1 aliphatic carbocycles. The summed E-state index contributed by atoms with van der Waals surface area (Å²) in [6.45, 7) is 4.71. The number of ether oxygens (including phenoxy) is 1. The van der Waals surface area contributed by atoms with E-state index in [1.54, 1.807) is 23.5 Å². The van der Waals surface area contributed by atoms with E-state index in [0.717, 1.165) is 32.9 Å². The topological polar surface area (TPSA) is 71.2 Å². The molecule has 0 spiro atoms. The van der Waals surface area contributed by atoms with Crippen LogP contribution in [0, 0.1) is 0 Å². The van der Waals surface area contributed by atoms with Gasteiger partial charge in [0.05, 0.1) is 12.6 Å². The van der Waals surface area contributed by atoms with Crippen LogP contribution < -0.4 is 0 Å². The van der Waals surface area contributed by atoms with Crippen LogP contribution in [0.4, 0.5) is 0 Å². The average Bonchev–Trinajstić information content (AvgIpc) is 3.30. The summed E-state index contributed by atoms with van der Waals surface area (Å²) in [5, 5.41) is 10.7. The summed E-state index contributed by atoms with van der Waals surface area (Å²) in [5.74, 6) is 1.40. The van der Waals surface area contributed by atoms with Gasteiger partial charge < -0.3 is 9.84 Å². The largest absolute Gasteiger partial charge is 0.493 e. The first-order chi connectivity index (χ1) is 13.1. The summed E-state index contributed by atoms with van der Waals surface area (Å²) in [6.07, 6.45) is 11.2. The standard InChI is InChI=1S/C19H22N2O3S3/c1-3-5-13(4-2)25-9-8-24-12-6-7-14-16(10-12)27-18(20-14)17-21-15(11-26-17)19(22)23/h3-6,10,14-15H,7-9,11H2,1-2H3,(H,22,23)/b5-3-,13-4+/t14?,15-/m1/s1. The number of hydrogen-bond acceptors (Lipinski definition) is 7. The Bertz CT molecular complexity index is 781. The number of nitrogens with zero attached hydrogens (tertiary/aromatic N) is 2. The molecule has 2 heterocycles. The number of carbonyl (C=O) groups is 1. The highest BCUT2D eigenvalue weighted by atomic mass is 32.2. The molecule has 0 radical (unpaired) electrons. The van der Waals surface area contributed by atoms with E-state index in [9.17, 15) is 4.79 Å². The first kappa shape index (κ1) is 20.4. The number of carboxylic acid groups (broad SMARTS) is 1. The predicted molar refractivity (Wildman–Crippen MR) is 118 cm³/mol. The molecule has 0 bridgehead atoms. The number of hydrogen-bond donors (Lipinski definition) is 1. The lowest BCUT2D eigenvalue weighted by atomic mass is 10.1. The molecule has 0 amide bonds. The summed E-state index contributed by atoms with van der Waals surface area (Å²) in [7, 11) is 0. The van der Waals surface area contributed by atoms with Gasteiger partial charge in [0.2, 0.25) is 0 Å². The van der Waals surface area contributed by atoms with Gasteiger partial charge in [-0.15, -0.1) is 23.5 Å². The van der Waals surface area contributed by atoms with E-state index in [0.29, 0.717) is 12.4 Å². The van der Waals surface area contributed by atoms with Gasteiger partial charge in [-0.05, 0) is 32.4 Å². The molecular formula is C19H22N2O3S3.